The van der Waals surface area contributed by atoms with Crippen LogP contribution < -0.4 is 5.32 Å². The first-order valence-corrected chi connectivity index (χ1v) is 8.45. The van der Waals surface area contributed by atoms with Crippen molar-refractivity contribution in [3.63, 3.8) is 0 Å². The number of hydrogen-bond donors (Lipinski definition) is 1. The smallest absolute Gasteiger partial charge is 0.0327 e. The maximum Gasteiger partial charge on any atom is 0.0327 e. The van der Waals surface area contributed by atoms with Crippen molar-refractivity contribution in [1.29, 1.82) is 0 Å². The van der Waals surface area contributed by atoms with E-state index in [-0.39, 0.29) is 0 Å². The van der Waals surface area contributed by atoms with Crippen LogP contribution in [0.5, 0.6) is 0 Å². The van der Waals surface area contributed by atoms with Gasteiger partial charge >= 0.3 is 0 Å². The van der Waals surface area contributed by atoms with Gasteiger partial charge in [-0.15, -0.1) is 0 Å². The Morgan fingerprint density at radius 1 is 1.05 bits per heavy atom. The van der Waals surface area contributed by atoms with Crippen molar-refractivity contribution in [1.82, 2.24) is 10.2 Å². The van der Waals surface area contributed by atoms with Gasteiger partial charge in [0.2, 0.25) is 0 Å². The minimum Gasteiger partial charge on any atom is -0.312 e. The molecule has 0 aromatic rings. The first-order valence-electron chi connectivity index (χ1n) is 8.45. The summed E-state index contributed by atoms with van der Waals surface area (Å²) in [5, 5.41) is 3.88. The summed E-state index contributed by atoms with van der Waals surface area (Å²) in [5.74, 6) is 0.846. The zero-order valence-corrected chi connectivity index (χ0v) is 14.0. The van der Waals surface area contributed by atoms with Crippen molar-refractivity contribution in [2.45, 2.75) is 83.7 Å². The summed E-state index contributed by atoms with van der Waals surface area (Å²) in [7, 11) is 4.53. The average Bonchev–Trinajstić information content (AvgIpc) is 2.43. The van der Waals surface area contributed by atoms with Gasteiger partial charge in [-0.05, 0) is 45.7 Å². The molecule has 0 radical (unpaired) electrons. The Bertz CT molecular complexity index is 231. The van der Waals surface area contributed by atoms with Crippen molar-refractivity contribution in [2.75, 3.05) is 20.6 Å². The lowest BCUT2D eigenvalue weighted by atomic mass is 9.80. The molecule has 2 atom stereocenters. The second-order valence-electron chi connectivity index (χ2n) is 6.91. The van der Waals surface area contributed by atoms with Crippen LogP contribution in [0, 0.1) is 5.92 Å². The number of nitrogens with zero attached hydrogens (tertiary/aromatic N) is 1. The normalized spacial score (nSPS) is 22.4. The van der Waals surface area contributed by atoms with Gasteiger partial charge in [0.1, 0.15) is 0 Å². The quantitative estimate of drug-likeness (QED) is 0.714. The van der Waals surface area contributed by atoms with E-state index in [0.717, 1.165) is 5.92 Å². The molecule has 1 fully saturated rings. The van der Waals surface area contributed by atoms with Crippen LogP contribution in [0.15, 0.2) is 0 Å². The molecule has 0 amide bonds. The third kappa shape index (κ3) is 5.07. The van der Waals surface area contributed by atoms with E-state index in [1.54, 1.807) is 0 Å². The summed E-state index contributed by atoms with van der Waals surface area (Å²) in [5.41, 5.74) is 0.418. The molecular weight excluding hydrogens is 232 g/mol. The van der Waals surface area contributed by atoms with E-state index in [1.807, 2.05) is 0 Å². The Labute approximate surface area is 121 Å². The minimum absolute atomic E-state index is 0.418. The van der Waals surface area contributed by atoms with Gasteiger partial charge < -0.3 is 10.2 Å². The lowest BCUT2D eigenvalue weighted by Crippen LogP contribution is -2.54. The lowest BCUT2D eigenvalue weighted by Gasteiger charge is -2.44. The maximum absolute atomic E-state index is 3.88. The van der Waals surface area contributed by atoms with E-state index in [1.165, 1.54) is 57.9 Å². The highest BCUT2D eigenvalue weighted by atomic mass is 15.2. The molecule has 1 saturated carbocycles. The van der Waals surface area contributed by atoms with Crippen molar-refractivity contribution < 1.29 is 0 Å². The average molecular weight is 268 g/mol. The van der Waals surface area contributed by atoms with Crippen molar-refractivity contribution in [3.8, 4) is 0 Å². The largest absolute Gasteiger partial charge is 0.312 e. The molecule has 0 aliphatic heterocycles. The van der Waals surface area contributed by atoms with Gasteiger partial charge in [0.25, 0.3) is 0 Å². The molecule has 19 heavy (non-hydrogen) atoms. The molecule has 114 valence electrons. The molecular formula is C17H36N2. The third-order valence-corrected chi connectivity index (χ3v) is 5.33. The van der Waals surface area contributed by atoms with Crippen LogP contribution in [0.1, 0.15) is 72.1 Å². The predicted molar refractivity (Wildman–Crippen MR) is 85.7 cm³/mol. The summed E-state index contributed by atoms with van der Waals surface area (Å²) in [6.45, 7) is 8.19. The summed E-state index contributed by atoms with van der Waals surface area (Å²) in [6, 6.07) is 0.703. The number of rotatable bonds is 8. The molecule has 1 N–H and O–H groups in total. The molecule has 0 aromatic carbocycles. The Kier molecular flexibility index (Phi) is 7.38. The second-order valence-corrected chi connectivity index (χ2v) is 6.91. The van der Waals surface area contributed by atoms with Crippen LogP contribution in [0.4, 0.5) is 0 Å². The van der Waals surface area contributed by atoms with Gasteiger partial charge in [0.15, 0.2) is 0 Å². The lowest BCUT2D eigenvalue weighted by molar-refractivity contribution is 0.0936. The van der Waals surface area contributed by atoms with Gasteiger partial charge in [-0.25, -0.2) is 0 Å². The van der Waals surface area contributed by atoms with E-state index >= 15 is 0 Å². The SMILES string of the molecule is CCC(C)CC(CC)NCC1(N(C)C)CCCCC1. The molecule has 0 spiro atoms. The Morgan fingerprint density at radius 3 is 2.16 bits per heavy atom. The van der Waals surface area contributed by atoms with Crippen LogP contribution in [-0.4, -0.2) is 37.1 Å². The third-order valence-electron chi connectivity index (χ3n) is 5.33. The molecule has 0 saturated heterocycles. The summed E-state index contributed by atoms with van der Waals surface area (Å²) in [6.07, 6.45) is 10.9. The highest BCUT2D eigenvalue weighted by molar-refractivity contribution is 4.93. The predicted octanol–water partition coefficient (Wildman–Crippen LogP) is 4.06. The van der Waals surface area contributed by atoms with Crippen LogP contribution in [-0.2, 0) is 0 Å². The van der Waals surface area contributed by atoms with E-state index in [9.17, 15) is 0 Å². The number of nitrogens with one attached hydrogen (secondary N) is 1. The molecule has 0 bridgehead atoms. The molecule has 0 aromatic heterocycles. The molecule has 2 unspecified atom stereocenters. The standard InChI is InChI=1S/C17H36N2/c1-6-15(3)13-16(7-2)18-14-17(19(4)5)11-9-8-10-12-17/h15-16,18H,6-14H2,1-5H3. The van der Waals surface area contributed by atoms with Crippen LogP contribution in [0.3, 0.4) is 0 Å². The summed E-state index contributed by atoms with van der Waals surface area (Å²) < 4.78 is 0. The monoisotopic (exact) mass is 268 g/mol. The molecule has 2 heteroatoms. The first-order chi connectivity index (χ1) is 9.04. The Morgan fingerprint density at radius 2 is 1.68 bits per heavy atom. The number of hydrogen-bond acceptors (Lipinski definition) is 2. The molecule has 0 heterocycles. The van der Waals surface area contributed by atoms with E-state index < -0.39 is 0 Å². The van der Waals surface area contributed by atoms with E-state index in [2.05, 4.69) is 45.1 Å². The summed E-state index contributed by atoms with van der Waals surface area (Å²) >= 11 is 0. The van der Waals surface area contributed by atoms with Gasteiger partial charge in [-0.3, -0.25) is 0 Å². The second kappa shape index (κ2) is 8.26. The molecule has 2 nitrogen and oxygen atoms in total. The van der Waals surface area contributed by atoms with Crippen molar-refractivity contribution in [3.05, 3.63) is 0 Å². The van der Waals surface area contributed by atoms with Crippen molar-refractivity contribution in [2.24, 2.45) is 5.92 Å². The fourth-order valence-electron chi connectivity index (χ4n) is 3.37. The topological polar surface area (TPSA) is 15.3 Å². The number of likely N-dealkylation sites (N-methyl/N-ethyl adjacent to an activating group) is 1. The Hall–Kier alpha value is -0.0800. The molecule has 1 aliphatic rings. The summed E-state index contributed by atoms with van der Waals surface area (Å²) in [4.78, 5) is 2.48. The van der Waals surface area contributed by atoms with Crippen LogP contribution in [0.25, 0.3) is 0 Å². The highest BCUT2D eigenvalue weighted by Crippen LogP contribution is 2.31. The fraction of sp³-hybridized carbons (Fsp3) is 1.00. The maximum atomic E-state index is 3.88. The zero-order chi connectivity index (χ0) is 14.3. The van der Waals surface area contributed by atoms with Gasteiger partial charge in [-0.1, -0.05) is 46.5 Å². The van der Waals surface area contributed by atoms with Crippen LogP contribution >= 0.6 is 0 Å². The van der Waals surface area contributed by atoms with E-state index in [0.29, 0.717) is 11.6 Å². The molecule has 1 rings (SSSR count). The van der Waals surface area contributed by atoms with Gasteiger partial charge in [0, 0.05) is 18.1 Å². The molecule has 1 aliphatic carbocycles. The van der Waals surface area contributed by atoms with E-state index in [4.69, 9.17) is 0 Å². The first kappa shape index (κ1) is 17.0. The fourth-order valence-corrected chi connectivity index (χ4v) is 3.37. The highest BCUT2D eigenvalue weighted by Gasteiger charge is 2.34. The zero-order valence-electron chi connectivity index (χ0n) is 14.0. The Balaban J connectivity index is 2.50. The van der Waals surface area contributed by atoms with Gasteiger partial charge in [0.05, 0.1) is 0 Å². The minimum atomic E-state index is 0.418. The van der Waals surface area contributed by atoms with Gasteiger partial charge in [-0.2, -0.15) is 0 Å². The van der Waals surface area contributed by atoms with Crippen molar-refractivity contribution >= 4 is 0 Å². The van der Waals surface area contributed by atoms with Crippen LogP contribution in [0.2, 0.25) is 0 Å².